The van der Waals surface area contributed by atoms with E-state index in [2.05, 4.69) is 41.5 Å². The van der Waals surface area contributed by atoms with Crippen LogP contribution in [0.15, 0.2) is 10.7 Å². The highest BCUT2D eigenvalue weighted by atomic mass is 79.9. The predicted molar refractivity (Wildman–Crippen MR) is 64.0 cm³/mol. The maximum absolute atomic E-state index is 4.36. The van der Waals surface area contributed by atoms with E-state index in [1.54, 1.807) is 4.68 Å². The first-order valence-corrected chi connectivity index (χ1v) is 5.50. The molecule has 0 aliphatic heterocycles. The Bertz CT molecular complexity index is 501. The molecule has 0 atom stereocenters. The van der Waals surface area contributed by atoms with Crippen molar-refractivity contribution in [3.05, 3.63) is 16.5 Å². The van der Waals surface area contributed by atoms with Crippen molar-refractivity contribution in [2.45, 2.75) is 6.92 Å². The van der Waals surface area contributed by atoms with E-state index in [0.29, 0.717) is 10.4 Å². The van der Waals surface area contributed by atoms with E-state index in [9.17, 15) is 0 Å². The molecule has 0 aliphatic carbocycles. The van der Waals surface area contributed by atoms with Crippen molar-refractivity contribution < 1.29 is 0 Å². The molecule has 1 N–H and O–H groups in total. The van der Waals surface area contributed by atoms with Gasteiger partial charge in [0.05, 0.1) is 5.69 Å². The van der Waals surface area contributed by atoms with Crippen LogP contribution >= 0.6 is 15.9 Å². The van der Waals surface area contributed by atoms with E-state index in [1.807, 2.05) is 27.1 Å². The van der Waals surface area contributed by atoms with E-state index in [-0.39, 0.29) is 0 Å². The van der Waals surface area contributed by atoms with Gasteiger partial charge in [0.1, 0.15) is 17.3 Å². The molecule has 0 unspecified atom stereocenters. The molecule has 0 saturated heterocycles. The van der Waals surface area contributed by atoms with Gasteiger partial charge in [0.15, 0.2) is 4.60 Å². The van der Waals surface area contributed by atoms with Gasteiger partial charge in [0.2, 0.25) is 0 Å². The third kappa shape index (κ3) is 1.90. The molecule has 0 amide bonds. The van der Waals surface area contributed by atoms with Gasteiger partial charge in [-0.05, 0) is 22.9 Å². The Morgan fingerprint density at radius 1 is 1.38 bits per heavy atom. The smallest absolute Gasteiger partial charge is 0.157 e. The Kier molecular flexibility index (Phi) is 2.86. The molecule has 2 aromatic rings. The summed E-state index contributed by atoms with van der Waals surface area (Å²) in [6.07, 6.45) is 0. The lowest BCUT2D eigenvalue weighted by Crippen LogP contribution is -2.01. The summed E-state index contributed by atoms with van der Waals surface area (Å²) in [7, 11) is 3.64. The number of rotatable bonds is 2. The molecule has 0 aliphatic rings. The summed E-state index contributed by atoms with van der Waals surface area (Å²) in [5.41, 5.74) is 1.62. The van der Waals surface area contributed by atoms with Crippen molar-refractivity contribution in [2.75, 3.05) is 12.4 Å². The molecule has 84 valence electrons. The molecule has 6 nitrogen and oxygen atoms in total. The second-order valence-electron chi connectivity index (χ2n) is 3.29. The minimum atomic E-state index is 0.676. The van der Waals surface area contributed by atoms with Crippen LogP contribution in [-0.2, 0) is 7.05 Å². The third-order valence-corrected chi connectivity index (χ3v) is 2.66. The number of anilines is 1. The van der Waals surface area contributed by atoms with Crippen LogP contribution < -0.4 is 5.32 Å². The molecule has 2 heterocycles. The lowest BCUT2D eigenvalue weighted by Gasteiger charge is -2.05. The average Bonchev–Trinajstić information content (AvgIpc) is 2.57. The van der Waals surface area contributed by atoms with Crippen molar-refractivity contribution in [3.8, 4) is 11.4 Å². The molecule has 0 radical (unpaired) electrons. The Morgan fingerprint density at radius 2 is 2.12 bits per heavy atom. The normalized spacial score (nSPS) is 10.5. The van der Waals surface area contributed by atoms with Crippen LogP contribution in [0.25, 0.3) is 11.4 Å². The van der Waals surface area contributed by atoms with Crippen molar-refractivity contribution in [3.63, 3.8) is 0 Å². The van der Waals surface area contributed by atoms with Crippen molar-refractivity contribution in [2.24, 2.45) is 7.05 Å². The molecular weight excluding hydrogens is 272 g/mol. The number of hydrogen-bond acceptors (Lipinski definition) is 5. The van der Waals surface area contributed by atoms with E-state index >= 15 is 0 Å². The minimum absolute atomic E-state index is 0.676. The van der Waals surface area contributed by atoms with Crippen molar-refractivity contribution >= 4 is 21.7 Å². The Labute approximate surface area is 101 Å². The molecule has 0 spiro atoms. The van der Waals surface area contributed by atoms with Gasteiger partial charge in [-0.3, -0.25) is 0 Å². The first kappa shape index (κ1) is 11.0. The maximum atomic E-state index is 4.36. The van der Waals surface area contributed by atoms with Crippen LogP contribution in [-0.4, -0.2) is 32.0 Å². The number of nitrogens with zero attached hydrogens (tertiary/aromatic N) is 5. The van der Waals surface area contributed by atoms with E-state index in [0.717, 1.165) is 17.2 Å². The fourth-order valence-corrected chi connectivity index (χ4v) is 1.95. The van der Waals surface area contributed by atoms with Gasteiger partial charge >= 0.3 is 0 Å². The number of aryl methyl sites for hydroxylation is 2. The zero-order valence-corrected chi connectivity index (χ0v) is 10.8. The molecule has 2 aromatic heterocycles. The summed E-state index contributed by atoms with van der Waals surface area (Å²) in [4.78, 5) is 8.60. The van der Waals surface area contributed by atoms with E-state index < -0.39 is 0 Å². The zero-order chi connectivity index (χ0) is 11.7. The summed E-state index contributed by atoms with van der Waals surface area (Å²) in [5.74, 6) is 1.48. The van der Waals surface area contributed by atoms with Crippen LogP contribution in [0.3, 0.4) is 0 Å². The fourth-order valence-electron chi connectivity index (χ4n) is 1.42. The second-order valence-corrected chi connectivity index (χ2v) is 4.04. The molecule has 7 heteroatoms. The van der Waals surface area contributed by atoms with Gasteiger partial charge in [-0.2, -0.15) is 0 Å². The van der Waals surface area contributed by atoms with Crippen molar-refractivity contribution in [1.82, 2.24) is 25.0 Å². The van der Waals surface area contributed by atoms with Crippen LogP contribution in [0.5, 0.6) is 0 Å². The summed E-state index contributed by atoms with van der Waals surface area (Å²) >= 11 is 3.35. The van der Waals surface area contributed by atoms with Gasteiger partial charge in [-0.15, -0.1) is 5.10 Å². The van der Waals surface area contributed by atoms with Gasteiger partial charge in [0, 0.05) is 20.2 Å². The topological polar surface area (TPSA) is 68.5 Å². The van der Waals surface area contributed by atoms with Gasteiger partial charge in [0.25, 0.3) is 0 Å². The molecule has 16 heavy (non-hydrogen) atoms. The predicted octanol–water partition coefficient (Wildman–Crippen LogP) is 1.38. The summed E-state index contributed by atoms with van der Waals surface area (Å²) in [6.45, 7) is 1.85. The van der Waals surface area contributed by atoms with Crippen LogP contribution in [0, 0.1) is 6.92 Å². The lowest BCUT2D eigenvalue weighted by atomic mass is 10.3. The highest BCUT2D eigenvalue weighted by Gasteiger charge is 2.13. The summed E-state index contributed by atoms with van der Waals surface area (Å²) in [5, 5.41) is 10.8. The van der Waals surface area contributed by atoms with Gasteiger partial charge in [-0.1, -0.05) is 5.21 Å². The SMILES string of the molecule is CNc1cc(-c2c(Br)nnn2C)nc(C)n1. The number of hydrogen-bond donors (Lipinski definition) is 1. The number of aromatic nitrogens is 5. The van der Waals surface area contributed by atoms with Gasteiger partial charge < -0.3 is 5.32 Å². The van der Waals surface area contributed by atoms with E-state index in [1.165, 1.54) is 0 Å². The summed E-state index contributed by atoms with van der Waals surface area (Å²) < 4.78 is 2.35. The molecule has 0 bridgehead atoms. The molecular formula is C9H11BrN6. The third-order valence-electron chi connectivity index (χ3n) is 2.12. The Balaban J connectivity index is 2.60. The van der Waals surface area contributed by atoms with Crippen LogP contribution in [0.4, 0.5) is 5.82 Å². The standard InChI is InChI=1S/C9H11BrN6/c1-5-12-6(4-7(11-2)13-5)8-9(10)14-15-16(8)3/h4H,1-3H3,(H,11,12,13). The zero-order valence-electron chi connectivity index (χ0n) is 9.19. The summed E-state index contributed by atoms with van der Waals surface area (Å²) in [6, 6.07) is 1.86. The monoisotopic (exact) mass is 282 g/mol. The van der Waals surface area contributed by atoms with Gasteiger partial charge in [-0.25, -0.2) is 14.6 Å². The second kappa shape index (κ2) is 4.17. The fraction of sp³-hybridized carbons (Fsp3) is 0.333. The largest absolute Gasteiger partial charge is 0.373 e. The molecule has 0 fully saturated rings. The first-order valence-electron chi connectivity index (χ1n) is 4.71. The highest BCUT2D eigenvalue weighted by molar-refractivity contribution is 9.10. The Hall–Kier alpha value is -1.50. The minimum Gasteiger partial charge on any atom is -0.373 e. The molecule has 2 rings (SSSR count). The lowest BCUT2D eigenvalue weighted by molar-refractivity contribution is 0.718. The van der Waals surface area contributed by atoms with Crippen LogP contribution in [0.2, 0.25) is 0 Å². The number of halogens is 1. The quantitative estimate of drug-likeness (QED) is 0.901. The maximum Gasteiger partial charge on any atom is 0.157 e. The van der Waals surface area contributed by atoms with Crippen molar-refractivity contribution in [1.29, 1.82) is 0 Å². The van der Waals surface area contributed by atoms with Crippen LogP contribution in [0.1, 0.15) is 5.82 Å². The first-order chi connectivity index (χ1) is 7.61. The Morgan fingerprint density at radius 3 is 2.69 bits per heavy atom. The molecule has 0 saturated carbocycles. The molecule has 0 aromatic carbocycles. The highest BCUT2D eigenvalue weighted by Crippen LogP contribution is 2.25. The van der Waals surface area contributed by atoms with E-state index in [4.69, 9.17) is 0 Å². The number of nitrogens with one attached hydrogen (secondary N) is 1. The average molecular weight is 283 g/mol.